The summed E-state index contributed by atoms with van der Waals surface area (Å²) in [5, 5.41) is 3.00. The summed E-state index contributed by atoms with van der Waals surface area (Å²) in [6.07, 6.45) is 5.77. The van der Waals surface area contributed by atoms with E-state index in [1.165, 1.54) is 24.3 Å². The van der Waals surface area contributed by atoms with Crippen molar-refractivity contribution in [1.29, 1.82) is 0 Å². The van der Waals surface area contributed by atoms with Crippen molar-refractivity contribution in [1.82, 2.24) is 10.2 Å². The first-order valence-corrected chi connectivity index (χ1v) is 10.3. The highest BCUT2D eigenvalue weighted by Crippen LogP contribution is 2.32. The Morgan fingerprint density at radius 2 is 1.71 bits per heavy atom. The average molecular weight is 392 g/mol. The second-order valence-electron chi connectivity index (χ2n) is 8.35. The summed E-state index contributed by atoms with van der Waals surface area (Å²) in [6, 6.07) is 5.44. The fourth-order valence-electron chi connectivity index (χ4n) is 4.47. The monoisotopic (exact) mass is 392 g/mol. The normalized spacial score (nSPS) is 25.2. The number of halogens is 2. The summed E-state index contributed by atoms with van der Waals surface area (Å²) in [7, 11) is 0. The number of amides is 1. The molecule has 0 radical (unpaired) electrons. The van der Waals surface area contributed by atoms with E-state index in [1.54, 1.807) is 6.92 Å². The fourth-order valence-corrected chi connectivity index (χ4v) is 4.47. The van der Waals surface area contributed by atoms with E-state index in [4.69, 9.17) is 0 Å². The lowest BCUT2D eigenvalue weighted by atomic mass is 9.83. The molecular formula is C22H30F2N2O2. The van der Waals surface area contributed by atoms with Gasteiger partial charge in [-0.25, -0.2) is 8.78 Å². The number of nitrogens with zero attached hydrogens (tertiary/aromatic N) is 1. The molecule has 0 unspecified atom stereocenters. The highest BCUT2D eigenvalue weighted by Gasteiger charge is 2.41. The van der Waals surface area contributed by atoms with Crippen LogP contribution in [0.5, 0.6) is 0 Å². The molecule has 1 saturated heterocycles. The van der Waals surface area contributed by atoms with Crippen LogP contribution < -0.4 is 5.32 Å². The van der Waals surface area contributed by atoms with E-state index in [9.17, 15) is 14.0 Å². The molecule has 1 saturated carbocycles. The minimum absolute atomic E-state index is 0.0432. The number of carbonyl (C=O) groups is 2. The molecular weight excluding hydrogens is 362 g/mol. The molecule has 1 amide bonds. The number of hydrogen-bond acceptors (Lipinski definition) is 3. The van der Waals surface area contributed by atoms with Crippen LogP contribution in [0.25, 0.3) is 0 Å². The predicted molar refractivity (Wildman–Crippen MR) is 104 cm³/mol. The first kappa shape index (κ1) is 20.9. The van der Waals surface area contributed by atoms with Crippen LogP contribution in [0.4, 0.5) is 8.78 Å². The second kappa shape index (κ2) is 9.12. The van der Waals surface area contributed by atoms with E-state index < -0.39 is 17.3 Å². The zero-order chi connectivity index (χ0) is 20.1. The summed E-state index contributed by atoms with van der Waals surface area (Å²) >= 11 is 0. The molecule has 0 bridgehead atoms. The van der Waals surface area contributed by atoms with E-state index in [0.717, 1.165) is 38.6 Å². The number of Topliss-reactive ketones (excluding diaryl/α,β-unsaturated/α-hetero) is 1. The lowest BCUT2D eigenvalue weighted by Crippen LogP contribution is -2.47. The number of carbonyl (C=O) groups excluding carboxylic acids is 2. The van der Waals surface area contributed by atoms with Gasteiger partial charge >= 0.3 is 0 Å². The third-order valence-electron chi connectivity index (χ3n) is 6.27. The number of likely N-dealkylation sites (tertiary alicyclic amines) is 1. The van der Waals surface area contributed by atoms with Gasteiger partial charge in [-0.3, -0.25) is 9.59 Å². The van der Waals surface area contributed by atoms with E-state index in [1.807, 2.05) is 0 Å². The van der Waals surface area contributed by atoms with Crippen LogP contribution in [-0.4, -0.2) is 47.9 Å². The number of hydrogen-bond donors (Lipinski definition) is 1. The first-order valence-electron chi connectivity index (χ1n) is 10.3. The highest BCUT2D eigenvalue weighted by molar-refractivity contribution is 6.02. The SMILES string of the molecule is CC(=O)NC1CCC(CCN2CCC(F)(C(=O)c3ccc(F)cc3)CC2)CC1. The van der Waals surface area contributed by atoms with Crippen LogP contribution in [0.15, 0.2) is 24.3 Å². The van der Waals surface area contributed by atoms with Gasteiger partial charge in [-0.15, -0.1) is 0 Å². The van der Waals surface area contributed by atoms with Crippen LogP contribution in [0.3, 0.4) is 0 Å². The highest BCUT2D eigenvalue weighted by atomic mass is 19.1. The summed E-state index contributed by atoms with van der Waals surface area (Å²) < 4.78 is 28.2. The van der Waals surface area contributed by atoms with Crippen molar-refractivity contribution < 1.29 is 18.4 Å². The van der Waals surface area contributed by atoms with Crippen molar-refractivity contribution in [3.05, 3.63) is 35.6 Å². The molecule has 0 spiro atoms. The van der Waals surface area contributed by atoms with Crippen LogP contribution in [0.2, 0.25) is 0 Å². The van der Waals surface area contributed by atoms with Crippen molar-refractivity contribution >= 4 is 11.7 Å². The second-order valence-corrected chi connectivity index (χ2v) is 8.35. The summed E-state index contributed by atoms with van der Waals surface area (Å²) in [4.78, 5) is 25.9. The van der Waals surface area contributed by atoms with Gasteiger partial charge in [0.25, 0.3) is 0 Å². The molecule has 1 aromatic carbocycles. The molecule has 0 aromatic heterocycles. The third-order valence-corrected chi connectivity index (χ3v) is 6.27. The van der Waals surface area contributed by atoms with Gasteiger partial charge in [-0.2, -0.15) is 0 Å². The lowest BCUT2D eigenvalue weighted by Gasteiger charge is -2.36. The minimum Gasteiger partial charge on any atom is -0.354 e. The molecule has 2 aliphatic rings. The van der Waals surface area contributed by atoms with Crippen LogP contribution in [0.1, 0.15) is 62.2 Å². The molecule has 1 aliphatic carbocycles. The maximum atomic E-state index is 15.2. The van der Waals surface area contributed by atoms with Gasteiger partial charge in [0.2, 0.25) is 5.91 Å². The summed E-state index contributed by atoms with van der Waals surface area (Å²) in [6.45, 7) is 3.64. The Bertz CT molecular complexity index is 676. The van der Waals surface area contributed by atoms with E-state index in [2.05, 4.69) is 10.2 Å². The number of benzene rings is 1. The van der Waals surface area contributed by atoms with Gasteiger partial charge in [0.05, 0.1) is 0 Å². The van der Waals surface area contributed by atoms with E-state index in [-0.39, 0.29) is 24.3 Å². The minimum atomic E-state index is -1.84. The van der Waals surface area contributed by atoms with Crippen LogP contribution in [0, 0.1) is 11.7 Å². The topological polar surface area (TPSA) is 49.4 Å². The van der Waals surface area contributed by atoms with Gasteiger partial charge in [0.15, 0.2) is 11.5 Å². The maximum absolute atomic E-state index is 15.2. The van der Waals surface area contributed by atoms with Crippen molar-refractivity contribution in [2.45, 2.75) is 63.6 Å². The standard InChI is InChI=1S/C22H30F2N2O2/c1-16(27)25-20-8-2-17(3-9-20)10-13-26-14-11-22(24,12-15-26)21(28)18-4-6-19(23)7-5-18/h4-7,17,20H,2-3,8-15H2,1H3,(H,25,27). The predicted octanol–water partition coefficient (Wildman–Crippen LogP) is 3.90. The Labute approximate surface area is 165 Å². The number of rotatable bonds is 6. The van der Waals surface area contributed by atoms with Gasteiger partial charge in [-0.1, -0.05) is 0 Å². The van der Waals surface area contributed by atoms with Crippen LogP contribution >= 0.6 is 0 Å². The Morgan fingerprint density at radius 3 is 2.29 bits per heavy atom. The van der Waals surface area contributed by atoms with Gasteiger partial charge < -0.3 is 10.2 Å². The zero-order valence-corrected chi connectivity index (χ0v) is 16.6. The third kappa shape index (κ3) is 5.37. The molecule has 2 fully saturated rings. The summed E-state index contributed by atoms with van der Waals surface area (Å²) in [5.41, 5.74) is -1.60. The molecule has 154 valence electrons. The molecule has 1 aromatic rings. The van der Waals surface area contributed by atoms with Crippen molar-refractivity contribution in [3.63, 3.8) is 0 Å². The molecule has 28 heavy (non-hydrogen) atoms. The molecule has 6 heteroatoms. The molecule has 1 aliphatic heterocycles. The largest absolute Gasteiger partial charge is 0.354 e. The summed E-state index contributed by atoms with van der Waals surface area (Å²) in [5.74, 6) is -0.251. The van der Waals surface area contributed by atoms with Gasteiger partial charge in [0, 0.05) is 44.5 Å². The number of nitrogens with one attached hydrogen (secondary N) is 1. The average Bonchev–Trinajstić information content (AvgIpc) is 2.68. The zero-order valence-electron chi connectivity index (χ0n) is 16.6. The van der Waals surface area contributed by atoms with Gasteiger partial charge in [0.1, 0.15) is 5.82 Å². The van der Waals surface area contributed by atoms with Crippen molar-refractivity contribution in [2.24, 2.45) is 5.92 Å². The van der Waals surface area contributed by atoms with Crippen molar-refractivity contribution in [3.8, 4) is 0 Å². The molecule has 3 rings (SSSR count). The molecule has 4 nitrogen and oxygen atoms in total. The van der Waals surface area contributed by atoms with E-state index in [0.29, 0.717) is 25.0 Å². The number of piperidine rings is 1. The molecule has 1 N–H and O–H groups in total. The number of ketones is 1. The maximum Gasteiger partial charge on any atom is 0.217 e. The molecule has 1 heterocycles. The Kier molecular flexibility index (Phi) is 6.81. The molecule has 0 atom stereocenters. The smallest absolute Gasteiger partial charge is 0.217 e. The lowest BCUT2D eigenvalue weighted by molar-refractivity contribution is -0.119. The van der Waals surface area contributed by atoms with Crippen molar-refractivity contribution in [2.75, 3.05) is 19.6 Å². The van der Waals surface area contributed by atoms with E-state index >= 15 is 4.39 Å². The Morgan fingerprint density at radius 1 is 1.11 bits per heavy atom. The Hall–Kier alpha value is -1.82. The fraction of sp³-hybridized carbons (Fsp3) is 0.636. The number of alkyl halides is 1. The van der Waals surface area contributed by atoms with Gasteiger partial charge in [-0.05, 0) is 68.8 Å². The first-order chi connectivity index (χ1) is 13.4. The quantitative estimate of drug-likeness (QED) is 0.747. The Balaban J connectivity index is 1.41. The van der Waals surface area contributed by atoms with Crippen LogP contribution in [-0.2, 0) is 4.79 Å².